The molecule has 0 radical (unpaired) electrons. The van der Waals surface area contributed by atoms with Crippen LogP contribution in [0.3, 0.4) is 0 Å². The Labute approximate surface area is 115 Å². The highest BCUT2D eigenvalue weighted by Gasteiger charge is 2.27. The third-order valence-corrected chi connectivity index (χ3v) is 3.65. The van der Waals surface area contributed by atoms with Crippen LogP contribution < -0.4 is 5.73 Å². The third-order valence-electron chi connectivity index (χ3n) is 3.65. The number of nitrogens with zero attached hydrogens (tertiary/aromatic N) is 2. The van der Waals surface area contributed by atoms with Gasteiger partial charge < -0.3 is 10.6 Å². The average Bonchev–Trinajstić information content (AvgIpc) is 2.35. The van der Waals surface area contributed by atoms with Gasteiger partial charge in [-0.3, -0.25) is 14.9 Å². The number of rotatable bonds is 4. The molecule has 1 aromatic carbocycles. The lowest BCUT2D eigenvalue weighted by atomic mass is 9.85. The number of nitro groups is 1. The number of nitro benzene ring substituents is 1. The molecule has 1 aliphatic rings. The molecule has 1 saturated carbocycles. The van der Waals surface area contributed by atoms with E-state index in [1.165, 1.54) is 4.90 Å². The fourth-order valence-corrected chi connectivity index (χ4v) is 2.25. The summed E-state index contributed by atoms with van der Waals surface area (Å²) in [6, 6.07) is 1.73. The molecule has 2 N–H and O–H groups in total. The van der Waals surface area contributed by atoms with Gasteiger partial charge in [0.2, 0.25) is 0 Å². The van der Waals surface area contributed by atoms with E-state index in [9.17, 15) is 19.3 Å². The summed E-state index contributed by atoms with van der Waals surface area (Å²) >= 11 is 0. The predicted molar refractivity (Wildman–Crippen MR) is 71.8 cm³/mol. The van der Waals surface area contributed by atoms with Crippen LogP contribution in [0.25, 0.3) is 0 Å². The van der Waals surface area contributed by atoms with E-state index in [0.29, 0.717) is 18.5 Å². The minimum absolute atomic E-state index is 0.171. The van der Waals surface area contributed by atoms with Crippen LogP contribution in [0.4, 0.5) is 15.8 Å². The van der Waals surface area contributed by atoms with Crippen molar-refractivity contribution in [1.29, 1.82) is 0 Å². The Kier molecular flexibility index (Phi) is 3.87. The highest BCUT2D eigenvalue weighted by molar-refractivity contribution is 5.99. The first kappa shape index (κ1) is 14.2. The molecule has 0 aliphatic heterocycles. The van der Waals surface area contributed by atoms with Crippen molar-refractivity contribution in [2.45, 2.75) is 19.3 Å². The summed E-state index contributed by atoms with van der Waals surface area (Å²) in [5, 5.41) is 10.9. The van der Waals surface area contributed by atoms with Gasteiger partial charge in [-0.15, -0.1) is 0 Å². The lowest BCUT2D eigenvalue weighted by molar-refractivity contribution is -0.385. The number of carbonyl (C=O) groups is 1. The van der Waals surface area contributed by atoms with E-state index in [-0.39, 0.29) is 11.3 Å². The van der Waals surface area contributed by atoms with Gasteiger partial charge in [0.05, 0.1) is 16.7 Å². The SMILES string of the molecule is CN(CC1CCC1)C(=O)c1cc(N)c(F)cc1[N+](=O)[O-]. The van der Waals surface area contributed by atoms with Gasteiger partial charge in [-0.2, -0.15) is 0 Å². The van der Waals surface area contributed by atoms with Crippen molar-refractivity contribution in [3.8, 4) is 0 Å². The van der Waals surface area contributed by atoms with E-state index in [2.05, 4.69) is 0 Å². The molecule has 0 saturated heterocycles. The molecule has 2 rings (SSSR count). The van der Waals surface area contributed by atoms with E-state index in [1.54, 1.807) is 7.05 Å². The summed E-state index contributed by atoms with van der Waals surface area (Å²) in [5.41, 5.74) is 4.41. The highest BCUT2D eigenvalue weighted by atomic mass is 19.1. The van der Waals surface area contributed by atoms with E-state index < -0.39 is 22.3 Å². The molecule has 0 unspecified atom stereocenters. The first-order valence-electron chi connectivity index (χ1n) is 6.39. The molecule has 0 heterocycles. The van der Waals surface area contributed by atoms with Crippen molar-refractivity contribution in [1.82, 2.24) is 4.90 Å². The molecule has 0 spiro atoms. The summed E-state index contributed by atoms with van der Waals surface area (Å²) in [7, 11) is 1.59. The van der Waals surface area contributed by atoms with Gasteiger partial charge in [0.1, 0.15) is 5.56 Å². The van der Waals surface area contributed by atoms with Crippen molar-refractivity contribution >= 4 is 17.3 Å². The van der Waals surface area contributed by atoms with Gasteiger partial charge in [-0.05, 0) is 24.8 Å². The predicted octanol–water partition coefficient (Wildman–Crippen LogP) is 2.19. The highest BCUT2D eigenvalue weighted by Crippen LogP contribution is 2.29. The number of halogens is 1. The number of nitrogen functional groups attached to an aromatic ring is 1. The topological polar surface area (TPSA) is 89.5 Å². The van der Waals surface area contributed by atoms with Crippen molar-refractivity contribution in [2.24, 2.45) is 5.92 Å². The van der Waals surface area contributed by atoms with Gasteiger partial charge in [0.15, 0.2) is 5.82 Å². The number of amides is 1. The van der Waals surface area contributed by atoms with Gasteiger partial charge in [-0.1, -0.05) is 6.42 Å². The van der Waals surface area contributed by atoms with E-state index in [4.69, 9.17) is 5.73 Å². The molecule has 1 aliphatic carbocycles. The van der Waals surface area contributed by atoms with Crippen LogP contribution in [0.2, 0.25) is 0 Å². The van der Waals surface area contributed by atoms with Gasteiger partial charge in [-0.25, -0.2) is 4.39 Å². The van der Waals surface area contributed by atoms with E-state index in [0.717, 1.165) is 25.3 Å². The molecular formula is C13H16FN3O3. The second-order valence-electron chi connectivity index (χ2n) is 5.13. The molecule has 7 heteroatoms. The minimum Gasteiger partial charge on any atom is -0.396 e. The maximum atomic E-state index is 13.3. The average molecular weight is 281 g/mol. The van der Waals surface area contributed by atoms with Gasteiger partial charge >= 0.3 is 0 Å². The fourth-order valence-electron chi connectivity index (χ4n) is 2.25. The van der Waals surface area contributed by atoms with Crippen LogP contribution >= 0.6 is 0 Å². The first-order valence-corrected chi connectivity index (χ1v) is 6.39. The number of benzene rings is 1. The molecule has 0 atom stereocenters. The number of anilines is 1. The minimum atomic E-state index is -0.894. The zero-order valence-electron chi connectivity index (χ0n) is 11.1. The van der Waals surface area contributed by atoms with Crippen LogP contribution in [0, 0.1) is 21.8 Å². The Balaban J connectivity index is 2.27. The summed E-state index contributed by atoms with van der Waals surface area (Å²) in [6.07, 6.45) is 3.27. The summed E-state index contributed by atoms with van der Waals surface area (Å²) in [5.74, 6) is -0.953. The standard InChI is InChI=1S/C13H16FN3O3/c1-16(7-8-3-2-4-8)13(18)9-5-11(15)10(14)6-12(9)17(19)20/h5-6,8H,2-4,7,15H2,1H3. The monoisotopic (exact) mass is 281 g/mol. The fraction of sp³-hybridized carbons (Fsp3) is 0.462. The molecule has 20 heavy (non-hydrogen) atoms. The Morgan fingerprint density at radius 1 is 1.55 bits per heavy atom. The Hall–Kier alpha value is -2.18. The lowest BCUT2D eigenvalue weighted by Crippen LogP contribution is -2.34. The summed E-state index contributed by atoms with van der Waals surface area (Å²) < 4.78 is 13.3. The van der Waals surface area contributed by atoms with Crippen molar-refractivity contribution in [3.05, 3.63) is 33.6 Å². The first-order chi connectivity index (χ1) is 9.40. The molecule has 108 valence electrons. The number of nitrogens with two attached hydrogens (primary N) is 1. The number of hydrogen-bond acceptors (Lipinski definition) is 4. The zero-order valence-corrected chi connectivity index (χ0v) is 11.1. The molecule has 1 amide bonds. The van der Waals surface area contributed by atoms with Crippen LogP contribution in [0.1, 0.15) is 29.6 Å². The maximum absolute atomic E-state index is 13.3. The molecule has 6 nitrogen and oxygen atoms in total. The van der Waals surface area contributed by atoms with Crippen molar-refractivity contribution < 1.29 is 14.1 Å². The Bertz CT molecular complexity index is 558. The second-order valence-corrected chi connectivity index (χ2v) is 5.13. The third kappa shape index (κ3) is 2.71. The zero-order chi connectivity index (χ0) is 14.9. The largest absolute Gasteiger partial charge is 0.396 e. The molecular weight excluding hydrogens is 265 g/mol. The molecule has 1 fully saturated rings. The van der Waals surface area contributed by atoms with Crippen LogP contribution in [0.5, 0.6) is 0 Å². The number of carbonyl (C=O) groups excluding carboxylic acids is 1. The second kappa shape index (κ2) is 5.44. The van der Waals surface area contributed by atoms with Gasteiger partial charge in [0.25, 0.3) is 11.6 Å². The Morgan fingerprint density at radius 2 is 2.20 bits per heavy atom. The van der Waals surface area contributed by atoms with E-state index >= 15 is 0 Å². The molecule has 0 aromatic heterocycles. The van der Waals surface area contributed by atoms with Crippen molar-refractivity contribution in [3.63, 3.8) is 0 Å². The normalized spacial score (nSPS) is 14.7. The summed E-state index contributed by atoms with van der Waals surface area (Å²) in [6.45, 7) is 0.549. The Morgan fingerprint density at radius 3 is 2.70 bits per heavy atom. The molecule has 0 bridgehead atoms. The van der Waals surface area contributed by atoms with Gasteiger partial charge in [0, 0.05) is 13.6 Å². The van der Waals surface area contributed by atoms with Crippen LogP contribution in [-0.2, 0) is 0 Å². The quantitative estimate of drug-likeness (QED) is 0.520. The lowest BCUT2D eigenvalue weighted by Gasteiger charge is -2.30. The summed E-state index contributed by atoms with van der Waals surface area (Å²) in [4.78, 5) is 23.8. The van der Waals surface area contributed by atoms with E-state index in [1.807, 2.05) is 0 Å². The number of hydrogen-bond donors (Lipinski definition) is 1. The maximum Gasteiger partial charge on any atom is 0.285 e. The van der Waals surface area contributed by atoms with Crippen LogP contribution in [0.15, 0.2) is 12.1 Å². The smallest absolute Gasteiger partial charge is 0.285 e. The van der Waals surface area contributed by atoms with Crippen LogP contribution in [-0.4, -0.2) is 29.3 Å². The van der Waals surface area contributed by atoms with Crippen molar-refractivity contribution in [2.75, 3.05) is 19.3 Å². The molecule has 1 aromatic rings.